The zero-order valence-electron chi connectivity index (χ0n) is 18.3. The number of halogens is 1. The molecule has 180 valence electrons. The summed E-state index contributed by atoms with van der Waals surface area (Å²) in [6, 6.07) is 10.1. The maximum atomic E-state index is 14.3. The first-order valence-electron chi connectivity index (χ1n) is 10.5. The third-order valence-corrected chi connectivity index (χ3v) is 6.88. The molecular formula is C22H22FN3O7S. The smallest absolute Gasteiger partial charge is 0.341 e. The van der Waals surface area contributed by atoms with Crippen LogP contribution in [-0.2, 0) is 26.1 Å². The number of carbonyl (C=O) groups is 1. The van der Waals surface area contributed by atoms with Gasteiger partial charge in [-0.25, -0.2) is 17.6 Å². The lowest BCUT2D eigenvalue weighted by Crippen LogP contribution is -2.40. The Kier molecular flexibility index (Phi) is 7.20. The highest BCUT2D eigenvalue weighted by Crippen LogP contribution is 2.28. The Bertz CT molecular complexity index is 1270. The van der Waals surface area contributed by atoms with E-state index in [1.165, 1.54) is 4.31 Å². The van der Waals surface area contributed by atoms with E-state index in [4.69, 9.17) is 18.7 Å². The lowest BCUT2D eigenvalue weighted by molar-refractivity contribution is 0.0424. The lowest BCUT2D eigenvalue weighted by atomic mass is 10.2. The van der Waals surface area contributed by atoms with Crippen molar-refractivity contribution in [3.8, 4) is 17.1 Å². The van der Waals surface area contributed by atoms with Gasteiger partial charge in [0.25, 0.3) is 5.89 Å². The van der Waals surface area contributed by atoms with Crippen molar-refractivity contribution in [2.24, 2.45) is 0 Å². The van der Waals surface area contributed by atoms with E-state index >= 15 is 0 Å². The minimum absolute atomic E-state index is 0.0212. The second-order valence-corrected chi connectivity index (χ2v) is 9.11. The molecule has 0 spiro atoms. The molecule has 1 fully saturated rings. The second-order valence-electron chi connectivity index (χ2n) is 7.18. The molecule has 1 aromatic heterocycles. The molecule has 2 heterocycles. The van der Waals surface area contributed by atoms with E-state index in [0.29, 0.717) is 17.9 Å². The van der Waals surface area contributed by atoms with Crippen LogP contribution in [0.25, 0.3) is 11.4 Å². The zero-order chi connectivity index (χ0) is 24.1. The van der Waals surface area contributed by atoms with E-state index in [2.05, 4.69) is 10.1 Å². The van der Waals surface area contributed by atoms with Crippen molar-refractivity contribution in [2.45, 2.75) is 18.4 Å². The summed E-state index contributed by atoms with van der Waals surface area (Å²) in [5.74, 6) is -1.20. The third-order valence-electron chi connectivity index (χ3n) is 4.99. The molecule has 0 bridgehead atoms. The van der Waals surface area contributed by atoms with Crippen molar-refractivity contribution < 1.29 is 36.3 Å². The van der Waals surface area contributed by atoms with E-state index in [0.717, 1.165) is 18.2 Å². The number of sulfonamides is 1. The van der Waals surface area contributed by atoms with Gasteiger partial charge in [0, 0.05) is 13.1 Å². The largest absolute Gasteiger partial charge is 0.493 e. The van der Waals surface area contributed by atoms with Crippen LogP contribution in [-0.4, -0.2) is 61.7 Å². The molecule has 3 aromatic rings. The van der Waals surface area contributed by atoms with Crippen molar-refractivity contribution in [3.63, 3.8) is 0 Å². The highest BCUT2D eigenvalue weighted by atomic mass is 32.2. The van der Waals surface area contributed by atoms with Crippen molar-refractivity contribution in [3.05, 3.63) is 59.7 Å². The van der Waals surface area contributed by atoms with Crippen molar-refractivity contribution >= 4 is 16.0 Å². The molecular weight excluding hydrogens is 469 g/mol. The number of carbonyl (C=O) groups excluding carboxylic acids is 1. The number of ether oxygens (including phenoxy) is 3. The number of hydrogen-bond acceptors (Lipinski definition) is 9. The fourth-order valence-electron chi connectivity index (χ4n) is 3.32. The molecule has 1 aliphatic heterocycles. The number of hydrogen-bond donors (Lipinski definition) is 0. The van der Waals surface area contributed by atoms with Crippen LogP contribution in [0.3, 0.4) is 0 Å². The van der Waals surface area contributed by atoms with Gasteiger partial charge in [0.1, 0.15) is 11.6 Å². The van der Waals surface area contributed by atoms with Crippen molar-refractivity contribution in [1.29, 1.82) is 0 Å². The molecule has 12 heteroatoms. The number of nitrogens with zero attached hydrogens (tertiary/aromatic N) is 3. The number of rotatable bonds is 8. The Morgan fingerprint density at radius 2 is 1.94 bits per heavy atom. The lowest BCUT2D eigenvalue weighted by Gasteiger charge is -2.26. The van der Waals surface area contributed by atoms with Gasteiger partial charge >= 0.3 is 5.97 Å². The predicted octanol–water partition coefficient (Wildman–Crippen LogP) is 2.65. The van der Waals surface area contributed by atoms with Gasteiger partial charge in [-0.2, -0.15) is 9.29 Å². The van der Waals surface area contributed by atoms with E-state index in [9.17, 15) is 17.6 Å². The monoisotopic (exact) mass is 491 g/mol. The summed E-state index contributed by atoms with van der Waals surface area (Å²) in [5.41, 5.74) is 0.0773. The number of para-hydroxylation sites is 1. The Morgan fingerprint density at radius 1 is 1.18 bits per heavy atom. The first-order chi connectivity index (χ1) is 16.4. The van der Waals surface area contributed by atoms with Gasteiger partial charge < -0.3 is 18.7 Å². The molecule has 0 amide bonds. The molecule has 0 radical (unpaired) electrons. The molecule has 0 unspecified atom stereocenters. The molecule has 1 aliphatic rings. The van der Waals surface area contributed by atoms with E-state index in [1.54, 1.807) is 24.3 Å². The highest BCUT2D eigenvalue weighted by Gasteiger charge is 2.28. The molecule has 34 heavy (non-hydrogen) atoms. The number of morpholine rings is 1. The second kappa shape index (κ2) is 10.3. The van der Waals surface area contributed by atoms with Crippen molar-refractivity contribution in [1.82, 2.24) is 14.4 Å². The minimum Gasteiger partial charge on any atom is -0.493 e. The van der Waals surface area contributed by atoms with Gasteiger partial charge in [0.05, 0.1) is 35.8 Å². The first-order valence-corrected chi connectivity index (χ1v) is 11.9. The number of benzene rings is 2. The Morgan fingerprint density at radius 3 is 2.71 bits per heavy atom. The Labute approximate surface area is 195 Å². The summed E-state index contributed by atoms with van der Waals surface area (Å²) in [5, 5.41) is 3.87. The SMILES string of the molecule is CCOc1ccccc1-c1noc(COC(=O)c2cc(S(=O)(=O)N3CCOCC3)ccc2F)n1. The molecule has 4 rings (SSSR count). The normalized spacial score (nSPS) is 14.6. The third kappa shape index (κ3) is 5.08. The van der Waals surface area contributed by atoms with E-state index in [1.807, 2.05) is 6.92 Å². The van der Waals surface area contributed by atoms with Gasteiger partial charge in [0.2, 0.25) is 15.8 Å². The fraction of sp³-hybridized carbons (Fsp3) is 0.318. The molecule has 1 saturated heterocycles. The van der Waals surface area contributed by atoms with Gasteiger partial charge in [-0.3, -0.25) is 0 Å². The van der Waals surface area contributed by atoms with Gasteiger partial charge in [-0.05, 0) is 37.3 Å². The van der Waals surface area contributed by atoms with Gasteiger partial charge in [-0.15, -0.1) is 0 Å². The van der Waals surface area contributed by atoms with Crippen LogP contribution in [0, 0.1) is 5.82 Å². The first kappa shape index (κ1) is 23.8. The van der Waals surface area contributed by atoms with Crippen LogP contribution in [0.4, 0.5) is 4.39 Å². The topological polar surface area (TPSA) is 121 Å². The minimum atomic E-state index is -3.91. The van der Waals surface area contributed by atoms with Crippen LogP contribution in [0.15, 0.2) is 51.9 Å². The molecule has 0 saturated carbocycles. The Balaban J connectivity index is 1.47. The van der Waals surface area contributed by atoms with E-state index < -0.39 is 34.0 Å². The zero-order valence-corrected chi connectivity index (χ0v) is 19.1. The van der Waals surface area contributed by atoms with Crippen LogP contribution in [0.2, 0.25) is 0 Å². The standard InChI is InChI=1S/C22H22FN3O7S/c1-2-31-19-6-4-3-5-16(19)21-24-20(33-25-21)14-32-22(27)17-13-15(7-8-18(17)23)34(28,29)26-9-11-30-12-10-26/h3-8,13H,2,9-12,14H2,1H3. The van der Waals surface area contributed by atoms with E-state index in [-0.39, 0.29) is 42.9 Å². The molecule has 0 atom stereocenters. The van der Waals surface area contributed by atoms with Crippen molar-refractivity contribution in [2.75, 3.05) is 32.9 Å². The summed E-state index contributed by atoms with van der Waals surface area (Å²) >= 11 is 0. The predicted molar refractivity (Wildman–Crippen MR) is 116 cm³/mol. The summed E-state index contributed by atoms with van der Waals surface area (Å²) < 4.78 is 62.1. The van der Waals surface area contributed by atoms with Crippen LogP contribution in [0.5, 0.6) is 5.75 Å². The maximum Gasteiger partial charge on any atom is 0.341 e. The number of aromatic nitrogens is 2. The average Bonchev–Trinajstić information content (AvgIpc) is 3.33. The molecule has 2 aromatic carbocycles. The average molecular weight is 491 g/mol. The Hall–Kier alpha value is -3.35. The van der Waals surface area contributed by atoms with Crippen LogP contribution < -0.4 is 4.74 Å². The van der Waals surface area contributed by atoms with Crippen LogP contribution in [0.1, 0.15) is 23.2 Å². The summed E-state index contributed by atoms with van der Waals surface area (Å²) in [6.07, 6.45) is 0. The molecule has 10 nitrogen and oxygen atoms in total. The van der Waals surface area contributed by atoms with Crippen LogP contribution >= 0.6 is 0 Å². The highest BCUT2D eigenvalue weighted by molar-refractivity contribution is 7.89. The van der Waals surface area contributed by atoms with Gasteiger partial charge in [0.15, 0.2) is 6.61 Å². The maximum absolute atomic E-state index is 14.3. The summed E-state index contributed by atoms with van der Waals surface area (Å²) in [7, 11) is -3.91. The summed E-state index contributed by atoms with van der Waals surface area (Å²) in [4.78, 5) is 16.5. The quantitative estimate of drug-likeness (QED) is 0.438. The molecule has 0 N–H and O–H groups in total. The van der Waals surface area contributed by atoms with Gasteiger partial charge in [-0.1, -0.05) is 17.3 Å². The summed E-state index contributed by atoms with van der Waals surface area (Å²) in [6.45, 7) is 2.73. The number of esters is 1. The fourth-order valence-corrected chi connectivity index (χ4v) is 4.75. The molecule has 0 aliphatic carbocycles.